The average Bonchev–Trinajstić information content (AvgIpc) is 2.76. The molecule has 3 rings (SSSR count). The van der Waals surface area contributed by atoms with Gasteiger partial charge in [-0.3, -0.25) is 4.79 Å². The van der Waals surface area contributed by atoms with Crippen molar-refractivity contribution >= 4 is 35.5 Å². The normalized spacial score (nSPS) is 17.1. The van der Waals surface area contributed by atoms with Crippen molar-refractivity contribution in [3.63, 3.8) is 0 Å². The van der Waals surface area contributed by atoms with Gasteiger partial charge in [0.1, 0.15) is 0 Å². The number of rotatable bonds is 6. The maximum absolute atomic E-state index is 14.0. The molecule has 1 unspecified atom stereocenters. The highest BCUT2D eigenvalue weighted by atomic mass is 32.2. The number of carbonyl (C=O) groups is 2. The Bertz CT molecular complexity index is 1150. The summed E-state index contributed by atoms with van der Waals surface area (Å²) in [5.74, 6) is -3.29. The molecule has 1 atom stereocenters. The lowest BCUT2D eigenvalue weighted by molar-refractivity contribution is -0.163. The van der Waals surface area contributed by atoms with Crippen molar-refractivity contribution in [2.75, 3.05) is 18.0 Å². The fourth-order valence-corrected chi connectivity index (χ4v) is 5.03. The molecule has 0 bridgehead atoms. The van der Waals surface area contributed by atoms with Gasteiger partial charge in [0.2, 0.25) is 0 Å². The van der Waals surface area contributed by atoms with Gasteiger partial charge in [-0.2, -0.15) is 26.3 Å². The maximum Gasteiger partial charge on any atom is 0.418 e. The smallest absolute Gasteiger partial charge is 0.418 e. The molecule has 0 saturated carbocycles. The second-order valence-electron chi connectivity index (χ2n) is 7.76. The van der Waals surface area contributed by atoms with E-state index in [4.69, 9.17) is 5.11 Å². The van der Waals surface area contributed by atoms with Crippen molar-refractivity contribution in [1.29, 1.82) is 0 Å². The van der Waals surface area contributed by atoms with E-state index in [2.05, 4.69) is 0 Å². The van der Waals surface area contributed by atoms with Crippen LogP contribution in [0.25, 0.3) is 6.08 Å². The second-order valence-corrected chi connectivity index (χ2v) is 8.85. The number of carboxylic acid groups (broad SMARTS) is 2. The number of aliphatic carboxylic acids is 2. The van der Waals surface area contributed by atoms with E-state index >= 15 is 0 Å². The fraction of sp³-hybridized carbons (Fsp3) is 0.304. The van der Waals surface area contributed by atoms with Crippen molar-refractivity contribution in [1.82, 2.24) is 0 Å². The molecule has 2 aromatic rings. The Kier molecular flexibility index (Phi) is 7.73. The quantitative estimate of drug-likeness (QED) is 0.346. The predicted molar refractivity (Wildman–Crippen MR) is 116 cm³/mol. The van der Waals surface area contributed by atoms with E-state index in [1.807, 2.05) is 0 Å². The number of hydrogen-bond acceptors (Lipinski definition) is 4. The molecule has 0 amide bonds. The van der Waals surface area contributed by atoms with Crippen LogP contribution in [0.2, 0.25) is 0 Å². The fourth-order valence-electron chi connectivity index (χ4n) is 3.89. The first kappa shape index (κ1) is 26.5. The molecule has 0 radical (unpaired) electrons. The summed E-state index contributed by atoms with van der Waals surface area (Å²) in [6.45, 7) is 0.561. The molecular formula is C23H19F6NO4S. The molecule has 35 heavy (non-hydrogen) atoms. The molecule has 2 aromatic carbocycles. The molecular weight excluding hydrogens is 500 g/mol. The summed E-state index contributed by atoms with van der Waals surface area (Å²) < 4.78 is 83.4. The second kappa shape index (κ2) is 10.2. The van der Waals surface area contributed by atoms with Gasteiger partial charge in [-0.15, -0.1) is 0 Å². The Morgan fingerprint density at radius 2 is 1.60 bits per heavy atom. The van der Waals surface area contributed by atoms with Crippen LogP contribution in [0.5, 0.6) is 0 Å². The lowest BCUT2D eigenvalue weighted by Crippen LogP contribution is -2.38. The zero-order valence-electron chi connectivity index (χ0n) is 17.9. The summed E-state index contributed by atoms with van der Waals surface area (Å²) in [6, 6.07) is 7.83. The first-order valence-corrected chi connectivity index (χ1v) is 11.1. The number of halogens is 6. The van der Waals surface area contributed by atoms with E-state index in [-0.39, 0.29) is 11.4 Å². The van der Waals surface area contributed by atoms with E-state index in [0.29, 0.717) is 49.0 Å². The number of para-hydroxylation sites is 1. The number of anilines is 1. The molecule has 2 N–H and O–H groups in total. The third kappa shape index (κ3) is 6.30. The summed E-state index contributed by atoms with van der Waals surface area (Å²) in [5.41, 5.74) is -4.40. The Morgan fingerprint density at radius 1 is 0.943 bits per heavy atom. The lowest BCUT2D eigenvalue weighted by Gasteiger charge is -2.33. The van der Waals surface area contributed by atoms with Crippen LogP contribution < -0.4 is 4.90 Å². The highest BCUT2D eigenvalue weighted by Crippen LogP contribution is 2.49. The van der Waals surface area contributed by atoms with Crippen LogP contribution in [0.3, 0.4) is 0 Å². The SMILES string of the molecule is O=C(O)/C=C/c1ccc(Sc2ccccc2N2CCCC(C(=O)O)C2)c(C(F)(F)F)c1C(F)(F)F. The minimum absolute atomic E-state index is 0.117. The van der Waals surface area contributed by atoms with Crippen LogP contribution >= 0.6 is 11.8 Å². The summed E-state index contributed by atoms with van der Waals surface area (Å²) in [7, 11) is 0. The number of piperidine rings is 1. The molecule has 1 fully saturated rings. The highest BCUT2D eigenvalue weighted by molar-refractivity contribution is 7.99. The number of alkyl halides is 6. The van der Waals surface area contributed by atoms with E-state index in [0.717, 1.165) is 12.1 Å². The molecule has 0 spiro atoms. The highest BCUT2D eigenvalue weighted by Gasteiger charge is 2.46. The van der Waals surface area contributed by atoms with Gasteiger partial charge in [0.25, 0.3) is 0 Å². The molecule has 1 heterocycles. The zero-order valence-corrected chi connectivity index (χ0v) is 18.7. The standard InChI is InChI=1S/C23H19F6NO4S/c24-22(25,26)19-13(8-10-18(31)32)7-9-17(20(19)23(27,28)29)35-16-6-2-1-5-15(16)30-11-3-4-14(12-30)21(33)34/h1-2,5-10,14H,3-4,11-12H2,(H,31,32)(H,33,34)/b10-8+. The average molecular weight is 519 g/mol. The van der Waals surface area contributed by atoms with E-state index in [1.165, 1.54) is 12.1 Å². The Morgan fingerprint density at radius 3 is 2.20 bits per heavy atom. The Labute approximate surface area is 200 Å². The Balaban J connectivity index is 2.12. The summed E-state index contributed by atoms with van der Waals surface area (Å²) in [5, 5.41) is 18.1. The van der Waals surface area contributed by atoms with Gasteiger partial charge in [-0.25, -0.2) is 4.79 Å². The van der Waals surface area contributed by atoms with Gasteiger partial charge in [-0.1, -0.05) is 30.0 Å². The van der Waals surface area contributed by atoms with Crippen LogP contribution in [0.4, 0.5) is 32.0 Å². The van der Waals surface area contributed by atoms with Crippen molar-refractivity contribution < 1.29 is 46.1 Å². The molecule has 0 aromatic heterocycles. The molecule has 5 nitrogen and oxygen atoms in total. The largest absolute Gasteiger partial charge is 0.481 e. The van der Waals surface area contributed by atoms with Gasteiger partial charge < -0.3 is 15.1 Å². The number of hydrogen-bond donors (Lipinski definition) is 2. The van der Waals surface area contributed by atoms with Gasteiger partial charge in [0, 0.05) is 29.0 Å². The molecule has 0 aliphatic carbocycles. The third-order valence-electron chi connectivity index (χ3n) is 5.37. The monoisotopic (exact) mass is 519 g/mol. The third-order valence-corrected chi connectivity index (χ3v) is 6.49. The summed E-state index contributed by atoms with van der Waals surface area (Å²) in [6.07, 6.45) is -9.02. The molecule has 188 valence electrons. The minimum atomic E-state index is -5.42. The number of carboxylic acids is 2. The van der Waals surface area contributed by atoms with Gasteiger partial charge in [-0.05, 0) is 42.7 Å². The topological polar surface area (TPSA) is 77.8 Å². The predicted octanol–water partition coefficient (Wildman–Crippen LogP) is 6.27. The van der Waals surface area contributed by atoms with Gasteiger partial charge >= 0.3 is 24.3 Å². The van der Waals surface area contributed by atoms with Crippen molar-refractivity contribution in [3.05, 3.63) is 59.2 Å². The minimum Gasteiger partial charge on any atom is -0.481 e. The maximum atomic E-state index is 14.0. The Hall–Kier alpha value is -3.15. The molecule has 1 aliphatic rings. The first-order valence-electron chi connectivity index (χ1n) is 10.3. The van der Waals surface area contributed by atoms with Gasteiger partial charge in [0.15, 0.2) is 0 Å². The van der Waals surface area contributed by atoms with Crippen molar-refractivity contribution in [2.45, 2.75) is 35.0 Å². The summed E-state index contributed by atoms with van der Waals surface area (Å²) in [4.78, 5) is 23.4. The summed E-state index contributed by atoms with van der Waals surface area (Å²) >= 11 is 0.485. The number of benzene rings is 2. The van der Waals surface area contributed by atoms with Crippen molar-refractivity contribution in [2.24, 2.45) is 5.92 Å². The van der Waals surface area contributed by atoms with Crippen molar-refractivity contribution in [3.8, 4) is 0 Å². The van der Waals surface area contributed by atoms with E-state index in [1.54, 1.807) is 17.0 Å². The molecule has 1 saturated heterocycles. The number of nitrogens with zero attached hydrogens (tertiary/aromatic N) is 1. The van der Waals surface area contributed by atoms with Crippen LogP contribution in [0, 0.1) is 5.92 Å². The molecule has 12 heteroatoms. The van der Waals surface area contributed by atoms with Crippen LogP contribution in [-0.2, 0) is 21.9 Å². The first-order chi connectivity index (χ1) is 16.3. The van der Waals surface area contributed by atoms with Gasteiger partial charge in [0.05, 0.1) is 22.7 Å². The van der Waals surface area contributed by atoms with Crippen LogP contribution in [0.15, 0.2) is 52.3 Å². The van der Waals surface area contributed by atoms with Crippen LogP contribution in [-0.4, -0.2) is 35.2 Å². The van der Waals surface area contributed by atoms with E-state index in [9.17, 15) is 41.0 Å². The van der Waals surface area contributed by atoms with E-state index < -0.39 is 51.8 Å². The lowest BCUT2D eigenvalue weighted by atomic mass is 9.98. The molecule has 1 aliphatic heterocycles. The van der Waals surface area contributed by atoms with Crippen LogP contribution in [0.1, 0.15) is 29.5 Å². The zero-order chi connectivity index (χ0) is 26.0.